The summed E-state index contributed by atoms with van der Waals surface area (Å²) in [5, 5.41) is 5.94. The second-order valence-corrected chi connectivity index (χ2v) is 12.2. The Morgan fingerprint density at radius 2 is 1.94 bits per heavy atom. The minimum absolute atomic E-state index is 0.0889. The molecule has 0 bridgehead atoms. The minimum Gasteiger partial charge on any atom is -0.383 e. The molecule has 2 aromatic rings. The molecule has 6 nitrogen and oxygen atoms in total. The fourth-order valence-electron chi connectivity index (χ4n) is 4.03. The number of urea groups is 1. The summed E-state index contributed by atoms with van der Waals surface area (Å²) in [5.74, 6) is 1.85. The third-order valence-corrected chi connectivity index (χ3v) is 9.88. The summed E-state index contributed by atoms with van der Waals surface area (Å²) in [4.78, 5) is 22.3. The van der Waals surface area contributed by atoms with Gasteiger partial charge in [-0.2, -0.15) is 0 Å². The van der Waals surface area contributed by atoms with E-state index in [1.807, 2.05) is 56.1 Å². The van der Waals surface area contributed by atoms with Gasteiger partial charge in [0.25, 0.3) is 0 Å². The predicted octanol–water partition coefficient (Wildman–Crippen LogP) is 4.94. The van der Waals surface area contributed by atoms with Crippen molar-refractivity contribution in [3.05, 3.63) is 52.2 Å². The van der Waals surface area contributed by atoms with Crippen molar-refractivity contribution in [3.63, 3.8) is 0 Å². The number of nitrogens with one attached hydrogen (secondary N) is 1. The van der Waals surface area contributed by atoms with Crippen LogP contribution in [0.15, 0.2) is 46.8 Å². The number of amides is 2. The van der Waals surface area contributed by atoms with Crippen LogP contribution < -0.4 is 11.1 Å². The molecule has 2 saturated heterocycles. The Balaban J connectivity index is 1.13. The van der Waals surface area contributed by atoms with Crippen LogP contribution in [0.5, 0.6) is 0 Å². The van der Waals surface area contributed by atoms with E-state index in [0.717, 1.165) is 61.5 Å². The first-order chi connectivity index (χ1) is 16.2. The molecule has 2 aliphatic heterocycles. The molecule has 0 spiro atoms. The number of thiophene rings is 1. The highest BCUT2D eigenvalue weighted by atomic mass is 33.1. The third-order valence-electron chi connectivity index (χ3n) is 5.98. The van der Waals surface area contributed by atoms with Gasteiger partial charge in [-0.1, -0.05) is 46.2 Å². The van der Waals surface area contributed by atoms with Gasteiger partial charge in [-0.15, -0.1) is 11.3 Å². The van der Waals surface area contributed by atoms with E-state index in [0.29, 0.717) is 5.84 Å². The monoisotopic (exact) mass is 503 g/mol. The largest absolute Gasteiger partial charge is 0.383 e. The van der Waals surface area contributed by atoms with E-state index in [2.05, 4.69) is 27.3 Å². The van der Waals surface area contributed by atoms with Crippen LogP contribution in [0.3, 0.4) is 0 Å². The fourth-order valence-corrected chi connectivity index (χ4v) is 7.69. The molecule has 1 aromatic carbocycles. The molecule has 0 saturated carbocycles. The Morgan fingerprint density at radius 3 is 2.64 bits per heavy atom. The molecule has 2 fully saturated rings. The maximum Gasteiger partial charge on any atom is 0.317 e. The first-order valence-electron chi connectivity index (χ1n) is 11.7. The predicted molar refractivity (Wildman–Crippen MR) is 144 cm³/mol. The van der Waals surface area contributed by atoms with Gasteiger partial charge < -0.3 is 16.0 Å². The Morgan fingerprint density at radius 1 is 1.12 bits per heavy atom. The van der Waals surface area contributed by atoms with Crippen molar-refractivity contribution in [3.8, 4) is 0 Å². The molecule has 2 amide bonds. The van der Waals surface area contributed by atoms with Gasteiger partial charge >= 0.3 is 6.03 Å². The van der Waals surface area contributed by atoms with Gasteiger partial charge in [0, 0.05) is 50.3 Å². The summed E-state index contributed by atoms with van der Waals surface area (Å²) in [6.07, 6.45) is 4.90. The summed E-state index contributed by atoms with van der Waals surface area (Å²) >= 11 is 1.59. The minimum atomic E-state index is 0.0889. The van der Waals surface area contributed by atoms with Crippen LogP contribution in [0, 0.1) is 0 Å². The van der Waals surface area contributed by atoms with Gasteiger partial charge in [0.2, 0.25) is 0 Å². The number of unbranched alkanes of at least 4 members (excludes halogenated alkanes) is 1. The lowest BCUT2D eigenvalue weighted by atomic mass is 10.1. The lowest BCUT2D eigenvalue weighted by Gasteiger charge is -2.34. The lowest BCUT2D eigenvalue weighted by molar-refractivity contribution is 0.135. The number of rotatable bonds is 9. The molecule has 3 heterocycles. The molecule has 4 rings (SSSR count). The highest BCUT2D eigenvalue weighted by Gasteiger charge is 2.21. The van der Waals surface area contributed by atoms with Crippen molar-refractivity contribution in [1.29, 1.82) is 0 Å². The Kier molecular flexibility index (Phi) is 9.40. The van der Waals surface area contributed by atoms with Crippen LogP contribution in [-0.4, -0.2) is 65.4 Å². The summed E-state index contributed by atoms with van der Waals surface area (Å²) in [5.41, 5.74) is 8.20. The van der Waals surface area contributed by atoms with E-state index >= 15 is 0 Å². The second kappa shape index (κ2) is 12.7. The number of aliphatic imine (C=N–C) groups is 1. The number of hydrogen-bond donors (Lipinski definition) is 2. The van der Waals surface area contributed by atoms with Gasteiger partial charge in [-0.25, -0.2) is 9.79 Å². The average molecular weight is 504 g/mol. The molecule has 9 heteroatoms. The van der Waals surface area contributed by atoms with Crippen molar-refractivity contribution in [1.82, 2.24) is 15.1 Å². The van der Waals surface area contributed by atoms with Crippen LogP contribution in [0.4, 0.5) is 10.5 Å². The van der Waals surface area contributed by atoms with E-state index < -0.39 is 0 Å². The number of hydrogen-bond acceptors (Lipinski definition) is 6. The molecule has 1 aromatic heterocycles. The van der Waals surface area contributed by atoms with E-state index in [9.17, 15) is 4.79 Å². The summed E-state index contributed by atoms with van der Waals surface area (Å²) in [6, 6.07) is 12.3. The van der Waals surface area contributed by atoms with Crippen LogP contribution in [0.25, 0.3) is 0 Å². The summed E-state index contributed by atoms with van der Waals surface area (Å²) < 4.78 is 0. The molecule has 178 valence electrons. The first kappa shape index (κ1) is 24.4. The van der Waals surface area contributed by atoms with Crippen molar-refractivity contribution in [2.75, 3.05) is 38.5 Å². The van der Waals surface area contributed by atoms with Crippen LogP contribution in [0.1, 0.15) is 36.1 Å². The maximum absolute atomic E-state index is 12.5. The van der Waals surface area contributed by atoms with Crippen LogP contribution >= 0.6 is 32.9 Å². The molecule has 33 heavy (non-hydrogen) atoms. The maximum atomic E-state index is 12.5. The van der Waals surface area contributed by atoms with Crippen LogP contribution in [0.2, 0.25) is 0 Å². The Hall–Kier alpha value is -1.68. The molecular formula is C24H33N5OS3. The molecule has 0 aliphatic carbocycles. The normalized spacial score (nSPS) is 19.7. The second-order valence-electron chi connectivity index (χ2n) is 8.46. The third kappa shape index (κ3) is 7.67. The zero-order valence-corrected chi connectivity index (χ0v) is 21.4. The van der Waals surface area contributed by atoms with Crippen molar-refractivity contribution >= 4 is 50.5 Å². The number of benzene rings is 1. The van der Waals surface area contributed by atoms with E-state index in [4.69, 9.17) is 5.73 Å². The van der Waals surface area contributed by atoms with Crippen molar-refractivity contribution in [2.24, 2.45) is 10.7 Å². The number of nitrogens with zero attached hydrogens (tertiary/aromatic N) is 3. The number of carbonyl (C=O) groups is 1. The highest BCUT2D eigenvalue weighted by Crippen LogP contribution is 2.39. The number of carbonyl (C=O) groups excluding carboxylic acids is 1. The smallest absolute Gasteiger partial charge is 0.317 e. The number of piperazine rings is 1. The average Bonchev–Trinajstić information content (AvgIpc) is 3.55. The zero-order valence-electron chi connectivity index (χ0n) is 18.9. The zero-order chi connectivity index (χ0) is 22.9. The number of amidine groups is 1. The molecule has 3 N–H and O–H groups in total. The Labute approximate surface area is 208 Å². The van der Waals surface area contributed by atoms with Gasteiger partial charge in [0.15, 0.2) is 0 Å². The van der Waals surface area contributed by atoms with E-state index in [-0.39, 0.29) is 6.03 Å². The lowest BCUT2D eigenvalue weighted by Crippen LogP contribution is -2.51. The van der Waals surface area contributed by atoms with E-state index in [1.165, 1.54) is 30.6 Å². The standard InChI is InChI=1S/C24H33N5OS3/c25-23(22-5-3-16-31-22)27-20-8-6-19(7-9-20)18-28-12-14-29(15-13-28)24(30)26-11-2-1-4-21-10-17-32-33-21/h3,5-9,16,21H,1-2,4,10-15,17-18H2,(H2,25,27)(H,26,30). The summed E-state index contributed by atoms with van der Waals surface area (Å²) in [6.45, 7) is 5.03. The molecule has 1 atom stereocenters. The highest BCUT2D eigenvalue weighted by molar-refractivity contribution is 8.77. The number of nitrogens with two attached hydrogens (primary N) is 1. The summed E-state index contributed by atoms with van der Waals surface area (Å²) in [7, 11) is 4.04. The van der Waals surface area contributed by atoms with Gasteiger partial charge in [0.05, 0.1) is 10.6 Å². The topological polar surface area (TPSA) is 74.0 Å². The Bertz CT molecular complexity index is 889. The van der Waals surface area contributed by atoms with Crippen LogP contribution in [-0.2, 0) is 6.54 Å². The fraction of sp³-hybridized carbons (Fsp3) is 0.500. The first-order valence-corrected chi connectivity index (χ1v) is 14.9. The van der Waals surface area contributed by atoms with E-state index in [1.54, 1.807) is 11.3 Å². The van der Waals surface area contributed by atoms with Gasteiger partial charge in [0.1, 0.15) is 5.84 Å². The molecule has 1 unspecified atom stereocenters. The van der Waals surface area contributed by atoms with Gasteiger partial charge in [-0.05, 0) is 48.4 Å². The molecular weight excluding hydrogens is 470 g/mol. The van der Waals surface area contributed by atoms with Gasteiger partial charge in [-0.3, -0.25) is 4.90 Å². The quantitative estimate of drug-likeness (QED) is 0.220. The van der Waals surface area contributed by atoms with Crippen molar-refractivity contribution < 1.29 is 4.79 Å². The van der Waals surface area contributed by atoms with Crippen molar-refractivity contribution in [2.45, 2.75) is 37.5 Å². The molecule has 2 aliphatic rings. The SMILES string of the molecule is NC(=Nc1ccc(CN2CCN(C(=O)NCCCCC3CCSS3)CC2)cc1)c1cccs1. The molecule has 0 radical (unpaired) electrons.